The molecule has 5 nitrogen and oxygen atoms in total. The molecule has 0 fully saturated rings. The fourth-order valence-electron chi connectivity index (χ4n) is 2.83. The zero-order valence-corrected chi connectivity index (χ0v) is 16.2. The number of para-hydroxylation sites is 1. The highest BCUT2D eigenvalue weighted by Crippen LogP contribution is 2.24. The lowest BCUT2D eigenvalue weighted by molar-refractivity contribution is -0.117. The molecule has 0 radical (unpaired) electrons. The molecule has 0 bridgehead atoms. The molecule has 1 amide bonds. The van der Waals surface area contributed by atoms with Gasteiger partial charge < -0.3 is 5.32 Å². The Hall–Kier alpha value is -2.92. The average Bonchev–Trinajstić information content (AvgIpc) is 2.62. The number of nitrogens with one attached hydrogen (secondary N) is 1. The average molecular weight is 382 g/mol. The lowest BCUT2D eigenvalue weighted by Crippen LogP contribution is -2.29. The van der Waals surface area contributed by atoms with E-state index in [0.29, 0.717) is 16.4 Å². The fraction of sp³-hybridized carbons (Fsp3) is 0.190. The lowest BCUT2D eigenvalue weighted by atomic mass is 9.99. The third-order valence-electron chi connectivity index (χ3n) is 4.42. The van der Waals surface area contributed by atoms with E-state index in [-0.39, 0.29) is 18.0 Å². The summed E-state index contributed by atoms with van der Waals surface area (Å²) in [5.74, 6) is -0.369. The third-order valence-corrected chi connectivity index (χ3v) is 4.75. The van der Waals surface area contributed by atoms with E-state index in [1.165, 1.54) is 11.6 Å². The molecule has 1 N–H and O–H groups in total. The molecule has 0 saturated heterocycles. The van der Waals surface area contributed by atoms with Gasteiger partial charge in [0.25, 0.3) is 5.56 Å². The summed E-state index contributed by atoms with van der Waals surface area (Å²) in [6.45, 7) is 5.90. The van der Waals surface area contributed by atoms with Crippen molar-refractivity contribution in [3.05, 3.63) is 80.6 Å². The van der Waals surface area contributed by atoms with E-state index in [0.717, 1.165) is 21.4 Å². The number of amides is 1. The van der Waals surface area contributed by atoms with Gasteiger partial charge in [0.2, 0.25) is 5.91 Å². The van der Waals surface area contributed by atoms with E-state index in [1.54, 1.807) is 30.3 Å². The van der Waals surface area contributed by atoms with E-state index in [2.05, 4.69) is 23.4 Å². The van der Waals surface area contributed by atoms with Crippen LogP contribution in [-0.2, 0) is 11.3 Å². The summed E-state index contributed by atoms with van der Waals surface area (Å²) in [5, 5.41) is 7.53. The Balaban J connectivity index is 1.88. The second-order valence-electron chi connectivity index (χ2n) is 6.49. The molecule has 138 valence electrons. The topological polar surface area (TPSA) is 64.0 Å². The SMILES string of the molecule is Cc1cc(C)c(-c2ccc(=O)n(CC(=O)Nc3ccccc3Cl)n2)cc1C. The molecule has 0 aliphatic carbocycles. The first-order chi connectivity index (χ1) is 12.8. The molecule has 3 rings (SSSR count). The molecule has 27 heavy (non-hydrogen) atoms. The van der Waals surface area contributed by atoms with Gasteiger partial charge in [0.05, 0.1) is 16.4 Å². The minimum atomic E-state index is -0.369. The van der Waals surface area contributed by atoms with Gasteiger partial charge >= 0.3 is 0 Å². The maximum atomic E-state index is 12.3. The van der Waals surface area contributed by atoms with Gasteiger partial charge in [0, 0.05) is 11.6 Å². The van der Waals surface area contributed by atoms with Crippen LogP contribution < -0.4 is 10.9 Å². The predicted octanol–water partition coefficient (Wildman–Crippen LogP) is 4.13. The van der Waals surface area contributed by atoms with E-state index < -0.39 is 0 Å². The number of hydrogen-bond acceptors (Lipinski definition) is 3. The van der Waals surface area contributed by atoms with Gasteiger partial charge in [-0.05, 0) is 61.7 Å². The van der Waals surface area contributed by atoms with E-state index >= 15 is 0 Å². The van der Waals surface area contributed by atoms with Crippen LogP contribution in [0.4, 0.5) is 5.69 Å². The zero-order chi connectivity index (χ0) is 19.6. The standard InChI is InChI=1S/C21H20ClN3O2/c1-13-10-15(3)16(11-14(13)2)18-8-9-21(27)25(24-18)12-20(26)23-19-7-5-4-6-17(19)22/h4-11H,12H2,1-3H3,(H,23,26). The number of carbonyl (C=O) groups is 1. The first kappa shape index (κ1) is 18.9. The number of benzene rings is 2. The quantitative estimate of drug-likeness (QED) is 0.739. The summed E-state index contributed by atoms with van der Waals surface area (Å²) in [6.07, 6.45) is 0. The van der Waals surface area contributed by atoms with Crippen molar-refractivity contribution in [1.29, 1.82) is 0 Å². The highest BCUT2D eigenvalue weighted by Gasteiger charge is 2.11. The minimum Gasteiger partial charge on any atom is -0.323 e. The summed E-state index contributed by atoms with van der Waals surface area (Å²) in [6, 6.07) is 14.2. The Morgan fingerprint density at radius 1 is 1.04 bits per heavy atom. The van der Waals surface area contributed by atoms with Crippen molar-refractivity contribution >= 4 is 23.2 Å². The maximum Gasteiger partial charge on any atom is 0.267 e. The molecule has 1 aromatic heterocycles. The van der Waals surface area contributed by atoms with Gasteiger partial charge in [0.1, 0.15) is 6.54 Å². The molecule has 1 heterocycles. The molecule has 0 unspecified atom stereocenters. The Labute approximate surface area is 162 Å². The van der Waals surface area contributed by atoms with Crippen LogP contribution in [0.15, 0.2) is 53.3 Å². The van der Waals surface area contributed by atoms with Crippen LogP contribution in [0, 0.1) is 20.8 Å². The predicted molar refractivity (Wildman–Crippen MR) is 108 cm³/mol. The van der Waals surface area contributed by atoms with Gasteiger partial charge in [-0.2, -0.15) is 5.10 Å². The summed E-state index contributed by atoms with van der Waals surface area (Å²) in [5.41, 5.74) is 5.17. The van der Waals surface area contributed by atoms with Gasteiger partial charge in [-0.25, -0.2) is 4.68 Å². The summed E-state index contributed by atoms with van der Waals surface area (Å²) in [4.78, 5) is 24.5. The zero-order valence-electron chi connectivity index (χ0n) is 15.4. The molecule has 0 saturated carbocycles. The van der Waals surface area contributed by atoms with Crippen molar-refractivity contribution in [2.45, 2.75) is 27.3 Å². The van der Waals surface area contributed by atoms with Crippen molar-refractivity contribution in [2.75, 3.05) is 5.32 Å². The van der Waals surface area contributed by atoms with Crippen molar-refractivity contribution < 1.29 is 4.79 Å². The number of aryl methyl sites for hydroxylation is 3. The van der Waals surface area contributed by atoms with Crippen LogP contribution in [-0.4, -0.2) is 15.7 Å². The van der Waals surface area contributed by atoms with Crippen LogP contribution in [0.3, 0.4) is 0 Å². The highest BCUT2D eigenvalue weighted by molar-refractivity contribution is 6.33. The molecule has 0 spiro atoms. The van der Waals surface area contributed by atoms with Crippen LogP contribution in [0.5, 0.6) is 0 Å². The second kappa shape index (κ2) is 7.76. The fourth-order valence-corrected chi connectivity index (χ4v) is 3.01. The molecule has 0 aliphatic rings. The van der Waals surface area contributed by atoms with Crippen LogP contribution in [0.25, 0.3) is 11.3 Å². The number of halogens is 1. The van der Waals surface area contributed by atoms with Gasteiger partial charge in [-0.15, -0.1) is 0 Å². The molecule has 3 aromatic rings. The third kappa shape index (κ3) is 4.26. The highest BCUT2D eigenvalue weighted by atomic mass is 35.5. The van der Waals surface area contributed by atoms with Gasteiger partial charge in [0.15, 0.2) is 0 Å². The largest absolute Gasteiger partial charge is 0.323 e. The number of rotatable bonds is 4. The summed E-state index contributed by atoms with van der Waals surface area (Å²) >= 11 is 6.05. The van der Waals surface area contributed by atoms with Crippen LogP contribution in [0.1, 0.15) is 16.7 Å². The van der Waals surface area contributed by atoms with Gasteiger partial charge in [-0.3, -0.25) is 9.59 Å². The number of carbonyl (C=O) groups excluding carboxylic acids is 1. The van der Waals surface area contributed by atoms with Crippen molar-refractivity contribution in [1.82, 2.24) is 9.78 Å². The number of hydrogen-bond donors (Lipinski definition) is 1. The molecule has 0 aliphatic heterocycles. The smallest absolute Gasteiger partial charge is 0.267 e. The first-order valence-electron chi connectivity index (χ1n) is 8.56. The number of aromatic nitrogens is 2. The monoisotopic (exact) mass is 381 g/mol. The minimum absolute atomic E-state index is 0.193. The molecular formula is C21H20ClN3O2. The lowest BCUT2D eigenvalue weighted by Gasteiger charge is -2.12. The van der Waals surface area contributed by atoms with Crippen LogP contribution >= 0.6 is 11.6 Å². The van der Waals surface area contributed by atoms with E-state index in [1.807, 2.05) is 19.9 Å². The van der Waals surface area contributed by atoms with Crippen molar-refractivity contribution in [3.63, 3.8) is 0 Å². The normalized spacial score (nSPS) is 10.7. The maximum absolute atomic E-state index is 12.3. The Bertz CT molecular complexity index is 1070. The molecular weight excluding hydrogens is 362 g/mol. The summed E-state index contributed by atoms with van der Waals surface area (Å²) in [7, 11) is 0. The van der Waals surface area contributed by atoms with Gasteiger partial charge in [-0.1, -0.05) is 29.8 Å². The first-order valence-corrected chi connectivity index (χ1v) is 8.93. The Morgan fingerprint density at radius 2 is 1.74 bits per heavy atom. The van der Waals surface area contributed by atoms with E-state index in [9.17, 15) is 9.59 Å². The number of anilines is 1. The molecule has 0 atom stereocenters. The second-order valence-corrected chi connectivity index (χ2v) is 6.90. The number of nitrogens with zero attached hydrogens (tertiary/aromatic N) is 2. The van der Waals surface area contributed by atoms with Crippen molar-refractivity contribution in [2.24, 2.45) is 0 Å². The van der Waals surface area contributed by atoms with E-state index in [4.69, 9.17) is 11.6 Å². The van der Waals surface area contributed by atoms with Crippen molar-refractivity contribution in [3.8, 4) is 11.3 Å². The molecule has 6 heteroatoms. The molecule has 2 aromatic carbocycles. The van der Waals surface area contributed by atoms with Crippen LogP contribution in [0.2, 0.25) is 5.02 Å². The Kier molecular flexibility index (Phi) is 5.42. The Morgan fingerprint density at radius 3 is 2.48 bits per heavy atom. The summed E-state index contributed by atoms with van der Waals surface area (Å²) < 4.78 is 1.16.